The summed E-state index contributed by atoms with van der Waals surface area (Å²) in [7, 11) is -1.91. The van der Waals surface area contributed by atoms with Crippen molar-refractivity contribution in [2.75, 3.05) is 29.0 Å². The number of benzene rings is 2. The van der Waals surface area contributed by atoms with Crippen molar-refractivity contribution in [1.82, 2.24) is 5.32 Å². The molecule has 0 bridgehead atoms. The highest BCUT2D eigenvalue weighted by Crippen LogP contribution is 2.20. The lowest BCUT2D eigenvalue weighted by Gasteiger charge is -2.18. The molecule has 0 unspecified atom stereocenters. The number of rotatable bonds is 8. The summed E-state index contributed by atoms with van der Waals surface area (Å²) in [6.45, 7) is 5.43. The van der Waals surface area contributed by atoms with E-state index in [1.54, 1.807) is 49.4 Å². The van der Waals surface area contributed by atoms with Gasteiger partial charge >= 0.3 is 0 Å². The van der Waals surface area contributed by atoms with Crippen LogP contribution in [-0.2, 0) is 10.0 Å². The van der Waals surface area contributed by atoms with Gasteiger partial charge < -0.3 is 10.6 Å². The second-order valence-electron chi connectivity index (χ2n) is 5.91. The van der Waals surface area contributed by atoms with Crippen molar-refractivity contribution in [1.29, 1.82) is 0 Å². The van der Waals surface area contributed by atoms with Gasteiger partial charge in [0.2, 0.25) is 10.0 Å². The first-order valence-electron chi connectivity index (χ1n) is 8.66. The average Bonchev–Trinajstić information content (AvgIpc) is 2.71. The fourth-order valence-corrected chi connectivity index (χ4v) is 3.25. The van der Waals surface area contributed by atoms with Crippen LogP contribution in [0.5, 0.6) is 0 Å². The van der Waals surface area contributed by atoms with Gasteiger partial charge in [0.05, 0.1) is 22.7 Å². The van der Waals surface area contributed by atoms with Gasteiger partial charge in [-0.2, -0.15) is 0 Å². The van der Waals surface area contributed by atoms with E-state index in [1.165, 1.54) is 23.5 Å². The standard InChI is InChI=1S/C20H23N3O4S/c1-4-14-21-20(25)17-8-6-7-9-18(17)22-19(24)15-10-12-16(13-11-15)23(3)28(26,27)5-2/h4,6-13H,1,5,14H2,2-3H3,(H,21,25)(H,22,24). The molecule has 2 amide bonds. The molecule has 7 nitrogen and oxygen atoms in total. The summed E-state index contributed by atoms with van der Waals surface area (Å²) < 4.78 is 25.1. The van der Waals surface area contributed by atoms with Gasteiger partial charge in [-0.1, -0.05) is 18.2 Å². The molecular weight excluding hydrogens is 378 g/mol. The van der Waals surface area contributed by atoms with Crippen molar-refractivity contribution < 1.29 is 18.0 Å². The average molecular weight is 401 g/mol. The first-order chi connectivity index (χ1) is 13.3. The fourth-order valence-electron chi connectivity index (χ4n) is 2.42. The van der Waals surface area contributed by atoms with E-state index < -0.39 is 15.9 Å². The SMILES string of the molecule is C=CCNC(=O)c1ccccc1NC(=O)c1ccc(N(C)S(=O)(=O)CC)cc1. The molecule has 0 radical (unpaired) electrons. The second-order valence-corrected chi connectivity index (χ2v) is 8.20. The van der Waals surface area contributed by atoms with E-state index in [1.807, 2.05) is 0 Å². The Balaban J connectivity index is 2.18. The molecule has 2 aromatic rings. The molecule has 0 fully saturated rings. The molecule has 0 spiro atoms. The number of nitrogens with zero attached hydrogens (tertiary/aromatic N) is 1. The highest BCUT2D eigenvalue weighted by molar-refractivity contribution is 7.92. The number of hydrogen-bond donors (Lipinski definition) is 2. The van der Waals surface area contributed by atoms with E-state index in [2.05, 4.69) is 17.2 Å². The molecule has 0 aromatic heterocycles. The van der Waals surface area contributed by atoms with Crippen LogP contribution in [0.2, 0.25) is 0 Å². The van der Waals surface area contributed by atoms with Crippen LogP contribution < -0.4 is 14.9 Å². The minimum Gasteiger partial charge on any atom is -0.349 e. The Morgan fingerprint density at radius 1 is 1.07 bits per heavy atom. The lowest BCUT2D eigenvalue weighted by Crippen LogP contribution is -2.28. The number of sulfonamides is 1. The molecule has 148 valence electrons. The topological polar surface area (TPSA) is 95.6 Å². The maximum Gasteiger partial charge on any atom is 0.255 e. The van der Waals surface area contributed by atoms with Crippen LogP contribution in [0.4, 0.5) is 11.4 Å². The molecule has 0 heterocycles. The Labute approximate surface area is 165 Å². The molecular formula is C20H23N3O4S. The van der Waals surface area contributed by atoms with Gasteiger partial charge in [0.1, 0.15) is 0 Å². The molecule has 0 aliphatic heterocycles. The fraction of sp³-hybridized carbons (Fsp3) is 0.200. The summed E-state index contributed by atoms with van der Waals surface area (Å²) in [4.78, 5) is 24.8. The van der Waals surface area contributed by atoms with Crippen LogP contribution in [-0.4, -0.2) is 39.6 Å². The number of nitrogens with one attached hydrogen (secondary N) is 2. The summed E-state index contributed by atoms with van der Waals surface area (Å²) in [5, 5.41) is 5.39. The quantitative estimate of drug-likeness (QED) is 0.665. The Bertz CT molecular complexity index is 969. The van der Waals surface area contributed by atoms with Gasteiger partial charge in [-0.3, -0.25) is 13.9 Å². The zero-order valence-corrected chi connectivity index (χ0v) is 16.6. The number of anilines is 2. The van der Waals surface area contributed by atoms with Crippen LogP contribution in [0, 0.1) is 0 Å². The summed E-state index contributed by atoms with van der Waals surface area (Å²) in [5.41, 5.74) is 1.52. The van der Waals surface area contributed by atoms with Crippen molar-refractivity contribution in [2.24, 2.45) is 0 Å². The van der Waals surface area contributed by atoms with E-state index in [0.29, 0.717) is 29.0 Å². The van der Waals surface area contributed by atoms with Crippen molar-refractivity contribution >= 4 is 33.2 Å². The first-order valence-corrected chi connectivity index (χ1v) is 10.3. The molecule has 2 aromatic carbocycles. The van der Waals surface area contributed by atoms with Crippen molar-refractivity contribution in [2.45, 2.75) is 6.92 Å². The molecule has 0 aliphatic rings. The van der Waals surface area contributed by atoms with E-state index in [0.717, 1.165) is 0 Å². The van der Waals surface area contributed by atoms with Gasteiger partial charge in [-0.05, 0) is 43.3 Å². The van der Waals surface area contributed by atoms with Crippen molar-refractivity contribution in [3.63, 3.8) is 0 Å². The smallest absolute Gasteiger partial charge is 0.255 e. The predicted molar refractivity (Wildman–Crippen MR) is 111 cm³/mol. The summed E-state index contributed by atoms with van der Waals surface area (Å²) >= 11 is 0. The highest BCUT2D eigenvalue weighted by atomic mass is 32.2. The summed E-state index contributed by atoms with van der Waals surface area (Å²) in [6, 6.07) is 12.9. The van der Waals surface area contributed by atoms with Crippen LogP contribution in [0.3, 0.4) is 0 Å². The maximum absolute atomic E-state index is 12.5. The predicted octanol–water partition coefficient (Wildman–Crippen LogP) is 2.64. The van der Waals surface area contributed by atoms with Gasteiger partial charge in [-0.15, -0.1) is 6.58 Å². The number of carbonyl (C=O) groups is 2. The number of carbonyl (C=O) groups excluding carboxylic acids is 2. The molecule has 0 saturated carbocycles. The van der Waals surface area contributed by atoms with Crippen molar-refractivity contribution in [3.8, 4) is 0 Å². The van der Waals surface area contributed by atoms with E-state index in [9.17, 15) is 18.0 Å². The molecule has 2 N–H and O–H groups in total. The first kappa shape index (κ1) is 21.2. The molecule has 28 heavy (non-hydrogen) atoms. The summed E-state index contributed by atoms with van der Waals surface area (Å²) in [6.07, 6.45) is 1.57. The lowest BCUT2D eigenvalue weighted by molar-refractivity contribution is 0.0959. The number of amides is 2. The molecule has 0 aliphatic carbocycles. The minimum absolute atomic E-state index is 0.0174. The van der Waals surface area contributed by atoms with Crippen LogP contribution in [0.25, 0.3) is 0 Å². The largest absolute Gasteiger partial charge is 0.349 e. The monoisotopic (exact) mass is 401 g/mol. The van der Waals surface area contributed by atoms with Crippen LogP contribution >= 0.6 is 0 Å². The third-order valence-corrected chi connectivity index (χ3v) is 5.88. The van der Waals surface area contributed by atoms with E-state index in [-0.39, 0.29) is 11.7 Å². The van der Waals surface area contributed by atoms with E-state index >= 15 is 0 Å². The van der Waals surface area contributed by atoms with Crippen molar-refractivity contribution in [3.05, 3.63) is 72.3 Å². The number of hydrogen-bond acceptors (Lipinski definition) is 4. The van der Waals surface area contributed by atoms with Gasteiger partial charge in [0.25, 0.3) is 11.8 Å². The maximum atomic E-state index is 12.5. The molecule has 2 rings (SSSR count). The Hall–Kier alpha value is -3.13. The summed E-state index contributed by atoms with van der Waals surface area (Å²) in [5.74, 6) is -0.745. The zero-order chi connectivity index (χ0) is 20.7. The van der Waals surface area contributed by atoms with Crippen LogP contribution in [0.1, 0.15) is 27.6 Å². The molecule has 0 atom stereocenters. The minimum atomic E-state index is -3.37. The van der Waals surface area contributed by atoms with Gasteiger partial charge in [-0.25, -0.2) is 8.42 Å². The van der Waals surface area contributed by atoms with Gasteiger partial charge in [0.15, 0.2) is 0 Å². The Morgan fingerprint density at radius 3 is 2.32 bits per heavy atom. The lowest BCUT2D eigenvalue weighted by atomic mass is 10.1. The highest BCUT2D eigenvalue weighted by Gasteiger charge is 2.17. The normalized spacial score (nSPS) is 10.8. The Kier molecular flexibility index (Phi) is 6.94. The molecule has 8 heteroatoms. The van der Waals surface area contributed by atoms with Gasteiger partial charge in [0, 0.05) is 19.2 Å². The second kappa shape index (κ2) is 9.18. The third kappa shape index (κ3) is 4.98. The number of para-hydroxylation sites is 1. The Morgan fingerprint density at radius 2 is 1.71 bits per heavy atom. The van der Waals surface area contributed by atoms with Crippen LogP contribution in [0.15, 0.2) is 61.2 Å². The molecule has 0 saturated heterocycles. The van der Waals surface area contributed by atoms with E-state index in [4.69, 9.17) is 0 Å². The third-order valence-electron chi connectivity index (χ3n) is 4.10. The zero-order valence-electron chi connectivity index (χ0n) is 15.8.